The molecule has 4 N–H and O–H groups in total. The van der Waals surface area contributed by atoms with Crippen LogP contribution in [-0.4, -0.2) is 63.6 Å². The molecule has 1 fully saturated rings. The van der Waals surface area contributed by atoms with E-state index in [-0.39, 0.29) is 17.0 Å². The van der Waals surface area contributed by atoms with Gasteiger partial charge in [-0.3, -0.25) is 0 Å². The molecule has 1 aromatic carbocycles. The van der Waals surface area contributed by atoms with Crippen LogP contribution in [0.15, 0.2) is 18.2 Å². The van der Waals surface area contributed by atoms with Crippen LogP contribution in [0, 0.1) is 5.82 Å². The number of nitrogens with two attached hydrogens (primary N) is 1. The number of carbonyl (C=O) groups excluding carboxylic acids is 2. The third-order valence-corrected chi connectivity index (χ3v) is 7.19. The molecule has 1 heterocycles. The second kappa shape index (κ2) is 7.72. The van der Waals surface area contributed by atoms with Crippen molar-refractivity contribution in [2.45, 2.75) is 23.2 Å². The van der Waals surface area contributed by atoms with Crippen LogP contribution in [0.3, 0.4) is 0 Å². The number of hydrogen-bond donors (Lipinski definition) is 3. The SMILES string of the molecule is CNC(=O)C1CC(N)([As]c2ccc(F)c(Cl)c2)CCN1C(=O)NC. The zero-order valence-corrected chi connectivity index (χ0v) is 16.1. The van der Waals surface area contributed by atoms with Gasteiger partial charge in [0.05, 0.1) is 0 Å². The quantitative estimate of drug-likeness (QED) is 0.606. The molecule has 1 radical (unpaired) electrons. The Morgan fingerprint density at radius 3 is 2.71 bits per heavy atom. The fraction of sp³-hybridized carbons (Fsp3) is 0.467. The van der Waals surface area contributed by atoms with E-state index in [2.05, 4.69) is 10.6 Å². The molecule has 6 nitrogen and oxygen atoms in total. The van der Waals surface area contributed by atoms with Gasteiger partial charge in [0.1, 0.15) is 0 Å². The van der Waals surface area contributed by atoms with Crippen LogP contribution in [0.1, 0.15) is 12.8 Å². The first-order valence-electron chi connectivity index (χ1n) is 7.46. The zero-order valence-electron chi connectivity index (χ0n) is 13.5. The van der Waals surface area contributed by atoms with Crippen molar-refractivity contribution in [3.05, 3.63) is 29.0 Å². The number of likely N-dealkylation sites (tertiary alicyclic amines) is 1. The summed E-state index contributed by atoms with van der Waals surface area (Å²) in [5, 5.41) is 5.20. The number of benzene rings is 1. The average Bonchev–Trinajstić information content (AvgIpc) is 2.56. The summed E-state index contributed by atoms with van der Waals surface area (Å²) in [6.45, 7) is 0.388. The predicted molar refractivity (Wildman–Crippen MR) is 92.0 cm³/mol. The number of carbonyl (C=O) groups is 2. The van der Waals surface area contributed by atoms with Gasteiger partial charge in [0.2, 0.25) is 0 Å². The summed E-state index contributed by atoms with van der Waals surface area (Å²) < 4.78 is 13.6. The first-order valence-corrected chi connectivity index (χ1v) is 9.72. The fourth-order valence-electron chi connectivity index (χ4n) is 2.72. The first kappa shape index (κ1) is 19.0. The molecule has 1 aliphatic heterocycles. The Labute approximate surface area is 152 Å². The molecule has 2 unspecified atom stereocenters. The van der Waals surface area contributed by atoms with Crippen molar-refractivity contribution in [1.82, 2.24) is 15.5 Å². The van der Waals surface area contributed by atoms with Crippen molar-refractivity contribution in [2.75, 3.05) is 20.6 Å². The van der Waals surface area contributed by atoms with E-state index >= 15 is 0 Å². The number of likely N-dealkylation sites (N-methyl/N-ethyl adjacent to an activating group) is 1. The molecule has 1 saturated heterocycles. The number of rotatable bonds is 3. The van der Waals surface area contributed by atoms with Crippen LogP contribution in [0.25, 0.3) is 0 Å². The van der Waals surface area contributed by atoms with E-state index in [9.17, 15) is 14.0 Å². The van der Waals surface area contributed by atoms with Crippen molar-refractivity contribution in [2.24, 2.45) is 5.73 Å². The summed E-state index contributed by atoms with van der Waals surface area (Å²) >= 11 is 5.29. The minimum atomic E-state index is -0.625. The number of halogens is 2. The summed E-state index contributed by atoms with van der Waals surface area (Å²) in [4.78, 5) is 25.7. The Balaban J connectivity index is 2.20. The van der Waals surface area contributed by atoms with Gasteiger partial charge in [-0.1, -0.05) is 0 Å². The molecule has 0 bridgehead atoms. The van der Waals surface area contributed by atoms with E-state index in [0.29, 0.717) is 19.4 Å². The van der Waals surface area contributed by atoms with Crippen molar-refractivity contribution in [1.29, 1.82) is 0 Å². The molecule has 0 aromatic heterocycles. The molecule has 24 heavy (non-hydrogen) atoms. The molecule has 9 heteroatoms. The summed E-state index contributed by atoms with van der Waals surface area (Å²) in [5.74, 6) is -0.711. The molecule has 0 saturated carbocycles. The molecule has 0 aliphatic carbocycles. The van der Waals surface area contributed by atoms with Gasteiger partial charge in [-0.25, -0.2) is 0 Å². The molecule has 1 aromatic rings. The first-order chi connectivity index (χ1) is 11.3. The van der Waals surface area contributed by atoms with Gasteiger partial charge in [-0.2, -0.15) is 0 Å². The molecular weight excluding hydrogens is 398 g/mol. The van der Waals surface area contributed by atoms with Gasteiger partial charge >= 0.3 is 152 Å². The number of nitrogens with zero attached hydrogens (tertiary/aromatic N) is 1. The topological polar surface area (TPSA) is 87.5 Å². The third kappa shape index (κ3) is 4.21. The number of hydrogen-bond acceptors (Lipinski definition) is 3. The molecular formula is C15H20AsClFN4O2. The van der Waals surface area contributed by atoms with Crippen LogP contribution < -0.4 is 20.7 Å². The Morgan fingerprint density at radius 2 is 2.12 bits per heavy atom. The second-order valence-electron chi connectivity index (χ2n) is 5.65. The van der Waals surface area contributed by atoms with Crippen LogP contribution in [-0.2, 0) is 4.79 Å². The minimum absolute atomic E-state index is 0.0667. The Bertz CT molecular complexity index is 648. The standard InChI is InChI=1S/C15H20AsClFN4O2/c1-20-13(23)12-8-15(19,5-6-22(12)14(24)21-2)16-9-3-4-11(18)10(17)7-9/h3-4,7,12H,5-6,8,19H2,1-2H3,(H,20,23)(H,21,24). The van der Waals surface area contributed by atoms with Crippen molar-refractivity contribution < 1.29 is 14.0 Å². The van der Waals surface area contributed by atoms with E-state index in [0.717, 1.165) is 4.35 Å². The summed E-state index contributed by atoms with van der Waals surface area (Å²) in [7, 11) is 3.06. The predicted octanol–water partition coefficient (Wildman–Crippen LogP) is 0.0134. The Morgan fingerprint density at radius 1 is 1.42 bits per heavy atom. The molecule has 131 valence electrons. The second-order valence-corrected chi connectivity index (χ2v) is 9.47. The van der Waals surface area contributed by atoms with Crippen LogP contribution >= 0.6 is 11.6 Å². The Kier molecular flexibility index (Phi) is 6.12. The number of piperidine rings is 1. The molecule has 2 rings (SSSR count). The average molecular weight is 418 g/mol. The van der Waals surface area contributed by atoms with Crippen LogP contribution in [0.2, 0.25) is 5.02 Å². The van der Waals surface area contributed by atoms with Crippen LogP contribution in [0.4, 0.5) is 9.18 Å². The monoisotopic (exact) mass is 417 g/mol. The summed E-state index contributed by atoms with van der Waals surface area (Å²) in [6.07, 6.45) is 0.929. The van der Waals surface area contributed by atoms with Gasteiger partial charge in [-0.05, 0) is 0 Å². The maximum atomic E-state index is 13.3. The maximum absolute atomic E-state index is 13.3. The third-order valence-electron chi connectivity index (χ3n) is 3.99. The van der Waals surface area contributed by atoms with Crippen molar-refractivity contribution in [3.8, 4) is 0 Å². The van der Waals surface area contributed by atoms with Gasteiger partial charge in [-0.15, -0.1) is 0 Å². The number of urea groups is 1. The molecule has 3 amide bonds. The van der Waals surface area contributed by atoms with Gasteiger partial charge in [0.25, 0.3) is 0 Å². The van der Waals surface area contributed by atoms with Crippen molar-refractivity contribution >= 4 is 43.6 Å². The Hall–Kier alpha value is -1.30. The van der Waals surface area contributed by atoms with E-state index < -0.39 is 31.9 Å². The van der Waals surface area contributed by atoms with Crippen molar-refractivity contribution in [3.63, 3.8) is 0 Å². The van der Waals surface area contributed by atoms with Crippen LogP contribution in [0.5, 0.6) is 0 Å². The molecule has 0 spiro atoms. The number of nitrogens with one attached hydrogen (secondary N) is 2. The van der Waals surface area contributed by atoms with Gasteiger partial charge < -0.3 is 0 Å². The van der Waals surface area contributed by atoms with Gasteiger partial charge in [0.15, 0.2) is 0 Å². The zero-order chi connectivity index (χ0) is 17.9. The number of amides is 3. The molecule has 1 aliphatic rings. The normalized spacial score (nSPS) is 24.2. The van der Waals surface area contributed by atoms with Gasteiger partial charge in [0, 0.05) is 0 Å². The van der Waals surface area contributed by atoms with E-state index in [1.165, 1.54) is 25.1 Å². The molecule has 2 atom stereocenters. The van der Waals surface area contributed by atoms with E-state index in [4.69, 9.17) is 17.3 Å². The van der Waals surface area contributed by atoms with E-state index in [1.54, 1.807) is 12.1 Å². The summed E-state index contributed by atoms with van der Waals surface area (Å²) in [5.41, 5.74) is 6.53. The summed E-state index contributed by atoms with van der Waals surface area (Å²) in [6, 6.07) is 3.67. The fourth-order valence-corrected chi connectivity index (χ4v) is 5.86. The van der Waals surface area contributed by atoms with E-state index in [1.807, 2.05) is 0 Å².